The summed E-state index contributed by atoms with van der Waals surface area (Å²) in [4.78, 5) is 0. The number of hydrogen-bond acceptors (Lipinski definition) is 0. The first kappa shape index (κ1) is 21.9. The molecule has 4 heteroatoms. The fraction of sp³-hybridized carbons (Fsp3) is 0.0400. The van der Waals surface area contributed by atoms with E-state index >= 15 is 0 Å². The van der Waals surface area contributed by atoms with Crippen LogP contribution in [0.5, 0.6) is 0 Å². The van der Waals surface area contributed by atoms with Crippen molar-refractivity contribution in [3.05, 3.63) is 125 Å². The molecule has 4 aromatic rings. The fourth-order valence-electron chi connectivity index (χ4n) is 3.69. The van der Waals surface area contributed by atoms with Crippen molar-refractivity contribution >= 4 is 58.8 Å². The molecular formula is C25H21Cl3P+. The molecule has 0 aliphatic heterocycles. The van der Waals surface area contributed by atoms with Crippen LogP contribution in [0.25, 0.3) is 0 Å². The highest BCUT2D eigenvalue weighted by atomic mass is 35.5. The van der Waals surface area contributed by atoms with Crippen molar-refractivity contribution in [1.82, 2.24) is 0 Å². The van der Waals surface area contributed by atoms with Crippen LogP contribution in [0, 0.1) is 0 Å². The van der Waals surface area contributed by atoms with Crippen LogP contribution in [-0.4, -0.2) is 0 Å². The summed E-state index contributed by atoms with van der Waals surface area (Å²) in [7, 11) is -2.00. The van der Waals surface area contributed by atoms with Crippen LogP contribution < -0.4 is 15.9 Å². The highest BCUT2D eigenvalue weighted by Crippen LogP contribution is 2.59. The lowest BCUT2D eigenvalue weighted by Crippen LogP contribution is -2.32. The van der Waals surface area contributed by atoms with Gasteiger partial charge < -0.3 is 0 Å². The van der Waals surface area contributed by atoms with Crippen molar-refractivity contribution in [2.75, 3.05) is 0 Å². The number of benzene rings is 4. The van der Waals surface area contributed by atoms with Gasteiger partial charge >= 0.3 is 0 Å². The number of hydrogen-bond donors (Lipinski definition) is 0. The Morgan fingerprint density at radius 3 is 1.17 bits per heavy atom. The lowest BCUT2D eigenvalue weighted by molar-refractivity contribution is 1.39. The van der Waals surface area contributed by atoms with Gasteiger partial charge in [-0.25, -0.2) is 0 Å². The molecule has 0 spiro atoms. The Bertz CT molecular complexity index is 934. The second-order valence-corrected chi connectivity index (χ2v) is 11.0. The maximum Gasteiger partial charge on any atom is 0.116 e. The summed E-state index contributed by atoms with van der Waals surface area (Å²) in [5, 5.41) is 5.41. The molecule has 0 fully saturated rings. The SMILES string of the molecule is Cl.Clc1cccc(Cl)c1C[P+](c1ccccc1)(c1ccccc1)c1ccccc1. The van der Waals surface area contributed by atoms with Crippen LogP contribution in [0.4, 0.5) is 0 Å². The van der Waals surface area contributed by atoms with Gasteiger partial charge in [0.1, 0.15) is 29.3 Å². The predicted octanol–water partition coefficient (Wildman–Crippen LogP) is 6.91. The lowest BCUT2D eigenvalue weighted by Gasteiger charge is -2.28. The zero-order valence-electron chi connectivity index (χ0n) is 15.7. The Morgan fingerprint density at radius 1 is 0.483 bits per heavy atom. The zero-order chi connectivity index (χ0) is 19.4. The molecule has 0 radical (unpaired) electrons. The average Bonchev–Trinajstić information content (AvgIpc) is 2.76. The van der Waals surface area contributed by atoms with Gasteiger partial charge in [0, 0.05) is 15.6 Å². The van der Waals surface area contributed by atoms with Crippen molar-refractivity contribution in [3.63, 3.8) is 0 Å². The molecule has 0 aromatic heterocycles. The van der Waals surface area contributed by atoms with Gasteiger partial charge in [-0.3, -0.25) is 0 Å². The van der Waals surface area contributed by atoms with E-state index < -0.39 is 7.26 Å². The maximum absolute atomic E-state index is 6.63. The first-order valence-corrected chi connectivity index (χ1v) is 11.9. The minimum Gasteiger partial charge on any atom is -0.147 e. The predicted molar refractivity (Wildman–Crippen MR) is 133 cm³/mol. The summed E-state index contributed by atoms with van der Waals surface area (Å²) in [5.41, 5.74) is 1.01. The Hall–Kier alpha value is -1.82. The molecule has 0 atom stereocenters. The van der Waals surface area contributed by atoms with Gasteiger partial charge in [-0.1, -0.05) is 83.9 Å². The van der Waals surface area contributed by atoms with Gasteiger partial charge in [-0.05, 0) is 48.5 Å². The topological polar surface area (TPSA) is 0 Å². The van der Waals surface area contributed by atoms with Crippen molar-refractivity contribution in [3.8, 4) is 0 Å². The third-order valence-electron chi connectivity index (χ3n) is 5.05. The Labute approximate surface area is 189 Å². The first-order chi connectivity index (χ1) is 13.7. The molecule has 0 saturated carbocycles. The Kier molecular flexibility index (Phi) is 7.38. The van der Waals surface area contributed by atoms with Crippen molar-refractivity contribution < 1.29 is 0 Å². The quantitative estimate of drug-likeness (QED) is 0.285. The van der Waals surface area contributed by atoms with Crippen molar-refractivity contribution in [2.45, 2.75) is 6.16 Å². The Balaban J connectivity index is 0.00000240. The number of halogens is 3. The van der Waals surface area contributed by atoms with E-state index in [9.17, 15) is 0 Å². The molecule has 146 valence electrons. The normalized spacial score (nSPS) is 11.0. The van der Waals surface area contributed by atoms with E-state index in [2.05, 4.69) is 91.0 Å². The summed E-state index contributed by atoms with van der Waals surface area (Å²) in [6.07, 6.45) is 0.781. The molecule has 0 saturated heterocycles. The third-order valence-corrected chi connectivity index (χ3v) is 10.1. The highest BCUT2D eigenvalue weighted by Gasteiger charge is 2.46. The van der Waals surface area contributed by atoms with Gasteiger partial charge in [0.25, 0.3) is 0 Å². The first-order valence-electron chi connectivity index (χ1n) is 9.19. The molecule has 4 rings (SSSR count). The molecule has 0 amide bonds. The molecule has 0 aliphatic rings. The van der Waals surface area contributed by atoms with E-state index in [-0.39, 0.29) is 12.4 Å². The van der Waals surface area contributed by atoms with E-state index in [1.807, 2.05) is 18.2 Å². The lowest BCUT2D eigenvalue weighted by atomic mass is 10.2. The minimum atomic E-state index is -2.00. The van der Waals surface area contributed by atoms with Crippen LogP contribution in [0.1, 0.15) is 5.56 Å². The molecule has 0 nitrogen and oxygen atoms in total. The summed E-state index contributed by atoms with van der Waals surface area (Å²) < 4.78 is 0. The molecule has 0 unspecified atom stereocenters. The van der Waals surface area contributed by atoms with Crippen molar-refractivity contribution in [1.29, 1.82) is 0 Å². The fourth-order valence-corrected chi connectivity index (χ4v) is 8.71. The standard InChI is InChI=1S/C25H20Cl2P.ClH/c26-24-17-10-18-25(27)23(24)19-28(20-11-4-1-5-12-20,21-13-6-2-7-14-21)22-15-8-3-9-16-22;/h1-18H,19H2;1H/q+1;. The van der Waals surface area contributed by atoms with Crippen LogP contribution in [0.15, 0.2) is 109 Å². The van der Waals surface area contributed by atoms with Crippen LogP contribution >= 0.6 is 42.9 Å². The van der Waals surface area contributed by atoms with Crippen LogP contribution in [-0.2, 0) is 6.16 Å². The smallest absolute Gasteiger partial charge is 0.116 e. The van der Waals surface area contributed by atoms with E-state index in [4.69, 9.17) is 23.2 Å². The van der Waals surface area contributed by atoms with E-state index in [0.29, 0.717) is 0 Å². The van der Waals surface area contributed by atoms with Gasteiger partial charge in [-0.2, -0.15) is 0 Å². The second-order valence-electron chi connectivity index (χ2n) is 6.67. The second kappa shape index (κ2) is 9.79. The molecule has 0 heterocycles. The highest BCUT2D eigenvalue weighted by molar-refractivity contribution is 7.95. The summed E-state index contributed by atoms with van der Waals surface area (Å²) in [5.74, 6) is 0. The molecule has 0 bridgehead atoms. The molecule has 0 aliphatic carbocycles. The van der Waals surface area contributed by atoms with Crippen molar-refractivity contribution in [2.24, 2.45) is 0 Å². The zero-order valence-corrected chi connectivity index (χ0v) is 18.9. The summed E-state index contributed by atoms with van der Waals surface area (Å²) >= 11 is 13.3. The summed E-state index contributed by atoms with van der Waals surface area (Å²) in [6, 6.07) is 38.1. The molecule has 29 heavy (non-hydrogen) atoms. The monoisotopic (exact) mass is 457 g/mol. The summed E-state index contributed by atoms with van der Waals surface area (Å²) in [6.45, 7) is 0. The van der Waals surface area contributed by atoms with Crippen LogP contribution in [0.3, 0.4) is 0 Å². The van der Waals surface area contributed by atoms with Gasteiger partial charge in [0.15, 0.2) is 0 Å². The van der Waals surface area contributed by atoms with E-state index in [0.717, 1.165) is 21.8 Å². The van der Waals surface area contributed by atoms with E-state index in [1.54, 1.807) is 0 Å². The van der Waals surface area contributed by atoms with Gasteiger partial charge in [-0.15, -0.1) is 12.4 Å². The molecule has 0 N–H and O–H groups in total. The number of rotatable bonds is 5. The maximum atomic E-state index is 6.63. The van der Waals surface area contributed by atoms with Gasteiger partial charge in [0.2, 0.25) is 0 Å². The molecule has 4 aromatic carbocycles. The molecular weight excluding hydrogens is 438 g/mol. The minimum absolute atomic E-state index is 0. The van der Waals surface area contributed by atoms with E-state index in [1.165, 1.54) is 15.9 Å². The largest absolute Gasteiger partial charge is 0.147 e. The van der Waals surface area contributed by atoms with Gasteiger partial charge in [0.05, 0.1) is 0 Å². The Morgan fingerprint density at radius 2 is 0.828 bits per heavy atom. The van der Waals surface area contributed by atoms with Crippen LogP contribution in [0.2, 0.25) is 10.0 Å². The third kappa shape index (κ3) is 4.37. The average molecular weight is 459 g/mol.